The maximum atomic E-state index is 5.87. The average Bonchev–Trinajstić information content (AvgIpc) is 2.43. The molecule has 0 aromatic carbocycles. The van der Waals surface area contributed by atoms with Crippen molar-refractivity contribution >= 4 is 0 Å². The Labute approximate surface area is 86.3 Å². The molecule has 0 spiro atoms. The smallest absolute Gasteiger partial charge is 0.0597 e. The highest BCUT2D eigenvalue weighted by atomic mass is 15.3. The van der Waals surface area contributed by atoms with Gasteiger partial charge in [0.2, 0.25) is 0 Å². The normalized spacial score (nSPS) is 13.6. The Morgan fingerprint density at radius 3 is 2.57 bits per heavy atom. The monoisotopic (exact) mass is 195 g/mol. The topological polar surface area (TPSA) is 43.8 Å². The molecule has 0 fully saturated rings. The number of hydrogen-bond donors (Lipinski definition) is 1. The number of hydrogen-bond acceptors (Lipinski definition) is 2. The van der Waals surface area contributed by atoms with Gasteiger partial charge in [-0.2, -0.15) is 5.10 Å². The Hall–Kier alpha value is -0.830. The first-order valence-electron chi connectivity index (χ1n) is 5.30. The first kappa shape index (κ1) is 11.2. The third-order valence-electron chi connectivity index (χ3n) is 2.32. The molecule has 1 atom stereocenters. The molecule has 80 valence electrons. The molecule has 0 amide bonds. The fraction of sp³-hybridized carbons (Fsp3) is 0.727. The summed E-state index contributed by atoms with van der Waals surface area (Å²) in [4.78, 5) is 0. The third kappa shape index (κ3) is 2.84. The van der Waals surface area contributed by atoms with Gasteiger partial charge in [0.15, 0.2) is 0 Å². The van der Waals surface area contributed by atoms with E-state index in [0.29, 0.717) is 5.92 Å². The molecular formula is C11H21N3. The second-order valence-electron chi connectivity index (χ2n) is 4.40. The first-order chi connectivity index (χ1) is 6.50. The standard InChI is InChI=1S/C11H21N3/c1-8(2)5-6-14-11(10(4)12)7-9(3)13-14/h7-8,10H,5-6,12H2,1-4H3. The van der Waals surface area contributed by atoms with Gasteiger partial charge in [0.1, 0.15) is 0 Å². The van der Waals surface area contributed by atoms with Gasteiger partial charge in [-0.15, -0.1) is 0 Å². The van der Waals surface area contributed by atoms with E-state index in [4.69, 9.17) is 5.73 Å². The van der Waals surface area contributed by atoms with Crippen LogP contribution >= 0.6 is 0 Å². The van der Waals surface area contributed by atoms with Gasteiger partial charge in [0, 0.05) is 12.6 Å². The molecular weight excluding hydrogens is 174 g/mol. The van der Waals surface area contributed by atoms with E-state index in [9.17, 15) is 0 Å². The third-order valence-corrected chi connectivity index (χ3v) is 2.32. The SMILES string of the molecule is Cc1cc(C(C)N)n(CCC(C)C)n1. The molecule has 3 nitrogen and oxygen atoms in total. The summed E-state index contributed by atoms with van der Waals surface area (Å²) in [6.45, 7) is 9.44. The zero-order chi connectivity index (χ0) is 10.7. The van der Waals surface area contributed by atoms with E-state index in [-0.39, 0.29) is 6.04 Å². The van der Waals surface area contributed by atoms with Crippen LogP contribution < -0.4 is 5.73 Å². The molecule has 0 saturated carbocycles. The van der Waals surface area contributed by atoms with Crippen LogP contribution in [0.25, 0.3) is 0 Å². The Balaban J connectivity index is 2.74. The molecule has 0 aliphatic carbocycles. The molecule has 3 heteroatoms. The highest BCUT2D eigenvalue weighted by Crippen LogP contribution is 2.13. The zero-order valence-corrected chi connectivity index (χ0v) is 9.62. The van der Waals surface area contributed by atoms with E-state index in [0.717, 1.165) is 24.4 Å². The minimum atomic E-state index is 0.0726. The van der Waals surface area contributed by atoms with Crippen LogP contribution in [0.3, 0.4) is 0 Å². The fourth-order valence-corrected chi connectivity index (χ4v) is 1.49. The van der Waals surface area contributed by atoms with Crippen LogP contribution in [0.15, 0.2) is 6.07 Å². The van der Waals surface area contributed by atoms with Gasteiger partial charge in [-0.1, -0.05) is 13.8 Å². The number of aryl methyl sites for hydroxylation is 2. The maximum Gasteiger partial charge on any atom is 0.0597 e. The predicted octanol–water partition coefficient (Wildman–Crippen LogP) is 2.26. The molecule has 14 heavy (non-hydrogen) atoms. The summed E-state index contributed by atoms with van der Waals surface area (Å²) < 4.78 is 2.04. The van der Waals surface area contributed by atoms with Crippen molar-refractivity contribution in [3.63, 3.8) is 0 Å². The minimum absolute atomic E-state index is 0.0726. The molecule has 2 N–H and O–H groups in total. The van der Waals surface area contributed by atoms with E-state index in [1.807, 2.05) is 18.5 Å². The Kier molecular flexibility index (Phi) is 3.69. The van der Waals surface area contributed by atoms with Crippen molar-refractivity contribution in [2.24, 2.45) is 11.7 Å². The van der Waals surface area contributed by atoms with Crippen LogP contribution in [-0.4, -0.2) is 9.78 Å². The molecule has 0 aliphatic heterocycles. The second-order valence-corrected chi connectivity index (χ2v) is 4.40. The Morgan fingerprint density at radius 2 is 2.07 bits per heavy atom. The van der Waals surface area contributed by atoms with Crippen LogP contribution in [0.1, 0.15) is 44.6 Å². The molecule has 0 radical (unpaired) electrons. The lowest BCUT2D eigenvalue weighted by Crippen LogP contribution is -2.14. The largest absolute Gasteiger partial charge is 0.323 e. The quantitative estimate of drug-likeness (QED) is 0.801. The molecule has 1 aromatic rings. The van der Waals surface area contributed by atoms with Gasteiger partial charge in [-0.3, -0.25) is 4.68 Å². The minimum Gasteiger partial charge on any atom is -0.323 e. The Morgan fingerprint density at radius 1 is 1.43 bits per heavy atom. The molecule has 0 saturated heterocycles. The number of nitrogens with zero attached hydrogens (tertiary/aromatic N) is 2. The lowest BCUT2D eigenvalue weighted by molar-refractivity contribution is 0.466. The highest BCUT2D eigenvalue weighted by Gasteiger charge is 2.09. The van der Waals surface area contributed by atoms with Crippen molar-refractivity contribution < 1.29 is 0 Å². The van der Waals surface area contributed by atoms with E-state index in [1.54, 1.807) is 0 Å². The average molecular weight is 195 g/mol. The second kappa shape index (κ2) is 4.60. The molecule has 0 bridgehead atoms. The fourth-order valence-electron chi connectivity index (χ4n) is 1.49. The maximum absolute atomic E-state index is 5.87. The highest BCUT2D eigenvalue weighted by molar-refractivity contribution is 5.11. The van der Waals surface area contributed by atoms with Gasteiger partial charge < -0.3 is 5.73 Å². The lowest BCUT2D eigenvalue weighted by Gasteiger charge is -2.11. The van der Waals surface area contributed by atoms with Gasteiger partial charge in [-0.05, 0) is 32.3 Å². The van der Waals surface area contributed by atoms with Crippen LogP contribution in [0.5, 0.6) is 0 Å². The molecule has 1 unspecified atom stereocenters. The molecule has 1 rings (SSSR count). The number of aromatic nitrogens is 2. The van der Waals surface area contributed by atoms with Crippen LogP contribution in [-0.2, 0) is 6.54 Å². The molecule has 1 heterocycles. The van der Waals surface area contributed by atoms with Gasteiger partial charge in [0.25, 0.3) is 0 Å². The zero-order valence-electron chi connectivity index (χ0n) is 9.62. The van der Waals surface area contributed by atoms with Crippen molar-refractivity contribution in [2.75, 3.05) is 0 Å². The lowest BCUT2D eigenvalue weighted by atomic mass is 10.1. The van der Waals surface area contributed by atoms with Gasteiger partial charge in [0.05, 0.1) is 11.4 Å². The number of rotatable bonds is 4. The summed E-state index contributed by atoms with van der Waals surface area (Å²) in [5.41, 5.74) is 8.07. The molecule has 1 aromatic heterocycles. The van der Waals surface area contributed by atoms with Gasteiger partial charge in [-0.25, -0.2) is 0 Å². The van der Waals surface area contributed by atoms with E-state index in [2.05, 4.69) is 25.0 Å². The van der Waals surface area contributed by atoms with Crippen molar-refractivity contribution in [3.05, 3.63) is 17.5 Å². The van der Waals surface area contributed by atoms with E-state index in [1.165, 1.54) is 0 Å². The van der Waals surface area contributed by atoms with Crippen molar-refractivity contribution in [2.45, 2.75) is 46.7 Å². The van der Waals surface area contributed by atoms with Crippen molar-refractivity contribution in [1.82, 2.24) is 9.78 Å². The Bertz CT molecular complexity index is 287. The number of nitrogens with two attached hydrogens (primary N) is 1. The predicted molar refractivity (Wildman–Crippen MR) is 59.0 cm³/mol. The first-order valence-corrected chi connectivity index (χ1v) is 5.30. The summed E-state index contributed by atoms with van der Waals surface area (Å²) in [5.74, 6) is 0.709. The van der Waals surface area contributed by atoms with Gasteiger partial charge >= 0.3 is 0 Å². The summed E-state index contributed by atoms with van der Waals surface area (Å²) in [7, 11) is 0. The van der Waals surface area contributed by atoms with Crippen LogP contribution in [0.2, 0.25) is 0 Å². The summed E-state index contributed by atoms with van der Waals surface area (Å²) in [6, 6.07) is 2.15. The van der Waals surface area contributed by atoms with Crippen LogP contribution in [0, 0.1) is 12.8 Å². The molecule has 0 aliphatic rings. The van der Waals surface area contributed by atoms with Crippen molar-refractivity contribution in [1.29, 1.82) is 0 Å². The van der Waals surface area contributed by atoms with E-state index < -0.39 is 0 Å². The summed E-state index contributed by atoms with van der Waals surface area (Å²) >= 11 is 0. The van der Waals surface area contributed by atoms with Crippen molar-refractivity contribution in [3.8, 4) is 0 Å². The van der Waals surface area contributed by atoms with E-state index >= 15 is 0 Å². The van der Waals surface area contributed by atoms with Crippen LogP contribution in [0.4, 0.5) is 0 Å². The summed E-state index contributed by atoms with van der Waals surface area (Å²) in [5, 5.41) is 4.44. The summed E-state index contributed by atoms with van der Waals surface area (Å²) in [6.07, 6.45) is 1.15.